The van der Waals surface area contributed by atoms with Gasteiger partial charge < -0.3 is 37.6 Å². The van der Waals surface area contributed by atoms with Crippen molar-refractivity contribution in [1.82, 2.24) is 16.0 Å². The fourth-order valence-electron chi connectivity index (χ4n) is 2.81. The minimum atomic E-state index is -1.54. The number of carboxylic acids is 1. The van der Waals surface area contributed by atoms with Crippen LogP contribution in [0.2, 0.25) is 0 Å². The van der Waals surface area contributed by atoms with Gasteiger partial charge in [0.15, 0.2) is 0 Å². The highest BCUT2D eigenvalue weighted by Crippen LogP contribution is 2.12. The molecule has 0 aromatic carbocycles. The first kappa shape index (κ1) is 29.3. The van der Waals surface area contributed by atoms with Crippen LogP contribution in [0.5, 0.6) is 0 Å². The summed E-state index contributed by atoms with van der Waals surface area (Å²) < 4.78 is 0. The van der Waals surface area contributed by atoms with Crippen molar-refractivity contribution in [3.05, 3.63) is 0 Å². The van der Waals surface area contributed by atoms with E-state index >= 15 is 0 Å². The van der Waals surface area contributed by atoms with Crippen LogP contribution in [-0.4, -0.2) is 70.1 Å². The lowest BCUT2D eigenvalue weighted by Crippen LogP contribution is -2.59. The maximum atomic E-state index is 12.9. The normalized spacial score (nSPS) is 16.8. The molecule has 0 saturated carbocycles. The topological polar surface area (TPSA) is 214 Å². The summed E-state index contributed by atoms with van der Waals surface area (Å²) in [6.07, 6.45) is -1.03. The molecule has 0 saturated heterocycles. The van der Waals surface area contributed by atoms with Crippen molar-refractivity contribution >= 4 is 29.6 Å². The Hall–Kier alpha value is -2.73. The predicted molar refractivity (Wildman–Crippen MR) is 116 cm³/mol. The van der Waals surface area contributed by atoms with Crippen molar-refractivity contribution in [2.75, 3.05) is 0 Å². The van der Waals surface area contributed by atoms with Crippen LogP contribution in [-0.2, 0) is 24.0 Å². The maximum absolute atomic E-state index is 12.9. The van der Waals surface area contributed by atoms with Crippen LogP contribution in [0, 0.1) is 11.8 Å². The molecule has 0 aliphatic rings. The number of carbonyl (C=O) groups is 5. The van der Waals surface area contributed by atoms with Gasteiger partial charge in [0.2, 0.25) is 23.6 Å². The minimum Gasteiger partial charge on any atom is -0.480 e. The molecule has 0 fully saturated rings. The van der Waals surface area contributed by atoms with Gasteiger partial charge in [-0.1, -0.05) is 34.1 Å². The smallest absolute Gasteiger partial charge is 0.326 e. The molecule has 0 aromatic heterocycles. The van der Waals surface area contributed by atoms with Crippen LogP contribution >= 0.6 is 0 Å². The number of carboxylic acid groups (broad SMARTS) is 1. The van der Waals surface area contributed by atoms with Crippen molar-refractivity contribution in [2.24, 2.45) is 23.3 Å². The zero-order chi connectivity index (χ0) is 25.2. The van der Waals surface area contributed by atoms with Gasteiger partial charge in [0, 0.05) is 0 Å². The molecule has 9 N–H and O–H groups in total. The largest absolute Gasteiger partial charge is 0.480 e. The van der Waals surface area contributed by atoms with Gasteiger partial charge >= 0.3 is 5.97 Å². The summed E-state index contributed by atoms with van der Waals surface area (Å²) in [4.78, 5) is 60.4. The van der Waals surface area contributed by atoms with Crippen LogP contribution in [0.4, 0.5) is 0 Å². The number of aliphatic hydroxyl groups excluding tert-OH is 1. The lowest BCUT2D eigenvalue weighted by Gasteiger charge is -2.28. The molecule has 0 aliphatic heterocycles. The number of nitrogens with two attached hydrogens (primary N) is 2. The molecule has 32 heavy (non-hydrogen) atoms. The summed E-state index contributed by atoms with van der Waals surface area (Å²) in [6.45, 7) is 8.48. The van der Waals surface area contributed by atoms with Gasteiger partial charge in [0.25, 0.3) is 0 Å². The van der Waals surface area contributed by atoms with E-state index in [2.05, 4.69) is 16.0 Å². The number of rotatable bonds is 14. The Morgan fingerprint density at radius 2 is 1.41 bits per heavy atom. The van der Waals surface area contributed by atoms with Crippen LogP contribution in [0.15, 0.2) is 0 Å². The number of nitrogens with one attached hydrogen (secondary N) is 3. The van der Waals surface area contributed by atoms with Crippen molar-refractivity contribution < 1.29 is 34.2 Å². The zero-order valence-corrected chi connectivity index (χ0v) is 19.3. The number of primary amides is 1. The molecule has 6 unspecified atom stereocenters. The summed E-state index contributed by atoms with van der Waals surface area (Å²) in [5, 5.41) is 26.0. The Morgan fingerprint density at radius 3 is 1.81 bits per heavy atom. The van der Waals surface area contributed by atoms with Gasteiger partial charge in [0.05, 0.1) is 12.5 Å². The molecule has 0 spiro atoms. The van der Waals surface area contributed by atoms with E-state index in [0.717, 1.165) is 0 Å². The standard InChI is InChI=1S/C20H37N5O7/c1-6-10(4)16(19(30)24-13(20(31)32)8-14(21)27)25-17(28)12(7-9(2)3)23-18(29)15(22)11(5)26/h9-13,15-16,26H,6-8,22H2,1-5H3,(H2,21,27)(H,23,29)(H,24,30)(H,25,28)(H,31,32). The van der Waals surface area contributed by atoms with E-state index in [0.29, 0.717) is 6.42 Å². The fourth-order valence-corrected chi connectivity index (χ4v) is 2.81. The highest BCUT2D eigenvalue weighted by atomic mass is 16.4. The van der Waals surface area contributed by atoms with E-state index in [-0.39, 0.29) is 12.3 Å². The average molecular weight is 460 g/mol. The zero-order valence-electron chi connectivity index (χ0n) is 19.3. The quantitative estimate of drug-likeness (QED) is 0.157. The number of carbonyl (C=O) groups excluding carboxylic acids is 4. The Kier molecular flexibility index (Phi) is 12.5. The summed E-state index contributed by atoms with van der Waals surface area (Å²) in [5.41, 5.74) is 10.7. The Labute approximate surface area is 187 Å². The van der Waals surface area contributed by atoms with E-state index in [1.165, 1.54) is 6.92 Å². The predicted octanol–water partition coefficient (Wildman–Crippen LogP) is -1.80. The molecule has 184 valence electrons. The second kappa shape index (κ2) is 13.6. The number of hydrogen-bond donors (Lipinski definition) is 7. The molecule has 4 amide bonds. The molecule has 0 aliphatic carbocycles. The van der Waals surface area contributed by atoms with Crippen LogP contribution < -0.4 is 27.4 Å². The molecular formula is C20H37N5O7. The van der Waals surface area contributed by atoms with Crippen molar-refractivity contribution in [2.45, 2.75) is 84.2 Å². The molecule has 0 rings (SSSR count). The van der Waals surface area contributed by atoms with E-state index in [1.807, 2.05) is 13.8 Å². The molecule has 0 aromatic rings. The molecule has 12 heteroatoms. The van der Waals surface area contributed by atoms with Crippen molar-refractivity contribution in [1.29, 1.82) is 0 Å². The first-order chi connectivity index (χ1) is 14.7. The average Bonchev–Trinajstić information content (AvgIpc) is 2.68. The summed E-state index contributed by atoms with van der Waals surface area (Å²) in [6, 6.07) is -4.94. The fraction of sp³-hybridized carbons (Fsp3) is 0.750. The second-order valence-corrected chi connectivity index (χ2v) is 8.40. The lowest BCUT2D eigenvalue weighted by molar-refractivity contribution is -0.144. The molecule has 0 bridgehead atoms. The Morgan fingerprint density at radius 1 is 0.875 bits per heavy atom. The first-order valence-corrected chi connectivity index (χ1v) is 10.6. The van der Waals surface area contributed by atoms with Gasteiger partial charge in [-0.3, -0.25) is 19.2 Å². The van der Waals surface area contributed by atoms with Crippen molar-refractivity contribution in [3.63, 3.8) is 0 Å². The first-order valence-electron chi connectivity index (χ1n) is 10.6. The number of hydrogen-bond acceptors (Lipinski definition) is 7. The van der Waals surface area contributed by atoms with Gasteiger partial charge in [-0.15, -0.1) is 0 Å². The van der Waals surface area contributed by atoms with Crippen LogP contribution in [0.3, 0.4) is 0 Å². The van der Waals surface area contributed by atoms with Gasteiger partial charge in [-0.2, -0.15) is 0 Å². The van der Waals surface area contributed by atoms with Gasteiger partial charge in [-0.05, 0) is 25.2 Å². The summed E-state index contributed by atoms with van der Waals surface area (Å²) >= 11 is 0. The van der Waals surface area contributed by atoms with Gasteiger partial charge in [-0.25, -0.2) is 4.79 Å². The Bertz CT molecular complexity index is 683. The van der Waals surface area contributed by atoms with Crippen LogP contribution in [0.25, 0.3) is 0 Å². The molecule has 0 heterocycles. The number of aliphatic hydroxyl groups is 1. The monoisotopic (exact) mass is 459 g/mol. The highest BCUT2D eigenvalue weighted by molar-refractivity contribution is 5.95. The lowest BCUT2D eigenvalue weighted by atomic mass is 9.96. The van der Waals surface area contributed by atoms with E-state index in [1.54, 1.807) is 13.8 Å². The van der Waals surface area contributed by atoms with E-state index < -0.39 is 72.2 Å². The number of amides is 4. The van der Waals surface area contributed by atoms with E-state index in [9.17, 15) is 34.2 Å². The summed E-state index contributed by atoms with van der Waals surface area (Å²) in [7, 11) is 0. The number of aliphatic carboxylic acids is 1. The maximum Gasteiger partial charge on any atom is 0.326 e. The third kappa shape index (κ3) is 10.1. The van der Waals surface area contributed by atoms with E-state index in [4.69, 9.17) is 11.5 Å². The molecule has 6 atom stereocenters. The third-order valence-electron chi connectivity index (χ3n) is 4.98. The minimum absolute atomic E-state index is 0.00310. The van der Waals surface area contributed by atoms with Gasteiger partial charge in [0.1, 0.15) is 24.2 Å². The molecule has 0 radical (unpaired) electrons. The Balaban J connectivity index is 5.59. The summed E-state index contributed by atoms with van der Waals surface area (Å²) in [5.74, 6) is -4.92. The van der Waals surface area contributed by atoms with Crippen LogP contribution in [0.1, 0.15) is 53.9 Å². The SMILES string of the molecule is CCC(C)C(NC(=O)C(CC(C)C)NC(=O)C(N)C(C)O)C(=O)NC(CC(N)=O)C(=O)O. The van der Waals surface area contributed by atoms with Crippen molar-refractivity contribution in [3.8, 4) is 0 Å². The second-order valence-electron chi connectivity index (χ2n) is 8.40. The third-order valence-corrected chi connectivity index (χ3v) is 4.98. The highest BCUT2D eigenvalue weighted by Gasteiger charge is 2.33. The molecular weight excluding hydrogens is 422 g/mol. The molecule has 12 nitrogen and oxygen atoms in total.